The van der Waals surface area contributed by atoms with Crippen LogP contribution in [-0.4, -0.2) is 29.0 Å². The Morgan fingerprint density at radius 3 is 2.75 bits per heavy atom. The molecule has 3 nitrogen and oxygen atoms in total. The van der Waals surface area contributed by atoms with Gasteiger partial charge in [0.25, 0.3) is 0 Å². The summed E-state index contributed by atoms with van der Waals surface area (Å²) in [5.74, 6) is 0. The van der Waals surface area contributed by atoms with Crippen LogP contribution in [0.5, 0.6) is 0 Å². The van der Waals surface area contributed by atoms with Crippen molar-refractivity contribution in [2.45, 2.75) is 6.54 Å². The first-order chi connectivity index (χ1) is 7.75. The molecule has 0 aliphatic carbocycles. The van der Waals surface area contributed by atoms with E-state index >= 15 is 0 Å². The summed E-state index contributed by atoms with van der Waals surface area (Å²) >= 11 is 0. The van der Waals surface area contributed by atoms with Crippen LogP contribution >= 0.6 is 0 Å². The van der Waals surface area contributed by atoms with E-state index in [2.05, 4.69) is 53.2 Å². The van der Waals surface area contributed by atoms with Crippen molar-refractivity contribution in [3.05, 3.63) is 48.4 Å². The molecule has 0 unspecified atom stereocenters. The number of aromatic nitrogens is 2. The van der Waals surface area contributed by atoms with Crippen molar-refractivity contribution >= 4 is 0 Å². The summed E-state index contributed by atoms with van der Waals surface area (Å²) in [4.78, 5) is 10.3. The third kappa shape index (κ3) is 2.64. The Morgan fingerprint density at radius 1 is 1.19 bits per heavy atom. The van der Waals surface area contributed by atoms with E-state index in [1.54, 1.807) is 12.5 Å². The Bertz CT molecular complexity index is 452. The highest BCUT2D eigenvalue weighted by Crippen LogP contribution is 2.17. The molecule has 1 heterocycles. The minimum absolute atomic E-state index is 0.943. The predicted octanol–water partition coefficient (Wildman–Crippen LogP) is 2.21. The minimum Gasteiger partial charge on any atom is -0.305 e. The fourth-order valence-corrected chi connectivity index (χ4v) is 1.66. The van der Waals surface area contributed by atoms with Crippen molar-refractivity contribution in [1.82, 2.24) is 14.9 Å². The smallest absolute Gasteiger partial charge is 0.116 e. The van der Waals surface area contributed by atoms with E-state index < -0.39 is 0 Å². The third-order valence-corrected chi connectivity index (χ3v) is 2.30. The lowest BCUT2D eigenvalue weighted by atomic mass is 10.1. The van der Waals surface area contributed by atoms with Gasteiger partial charge in [0.2, 0.25) is 0 Å². The zero-order valence-corrected chi connectivity index (χ0v) is 9.59. The predicted molar refractivity (Wildman–Crippen MR) is 64.9 cm³/mol. The molecule has 2 rings (SSSR count). The maximum absolute atomic E-state index is 4.24. The van der Waals surface area contributed by atoms with Gasteiger partial charge in [0.15, 0.2) is 0 Å². The number of rotatable bonds is 3. The number of nitrogens with zero attached hydrogens (tertiary/aromatic N) is 3. The molecule has 0 saturated heterocycles. The fraction of sp³-hybridized carbons (Fsp3) is 0.231. The van der Waals surface area contributed by atoms with Gasteiger partial charge in [-0.2, -0.15) is 0 Å². The summed E-state index contributed by atoms with van der Waals surface area (Å²) in [7, 11) is 4.13. The highest BCUT2D eigenvalue weighted by Gasteiger charge is 2.00. The minimum atomic E-state index is 0.943. The largest absolute Gasteiger partial charge is 0.305 e. The van der Waals surface area contributed by atoms with E-state index in [0.29, 0.717) is 0 Å². The van der Waals surface area contributed by atoms with Crippen molar-refractivity contribution in [1.29, 1.82) is 0 Å². The van der Waals surface area contributed by atoms with Gasteiger partial charge in [-0.3, -0.25) is 0 Å². The molecule has 3 heteroatoms. The molecule has 0 saturated carbocycles. The lowest BCUT2D eigenvalue weighted by molar-refractivity contribution is 0.402. The van der Waals surface area contributed by atoms with Gasteiger partial charge >= 0.3 is 0 Å². The Hall–Kier alpha value is -1.74. The average molecular weight is 213 g/mol. The second-order valence-electron chi connectivity index (χ2n) is 4.03. The van der Waals surface area contributed by atoms with Crippen molar-refractivity contribution in [2.75, 3.05) is 14.1 Å². The molecule has 0 aliphatic heterocycles. The van der Waals surface area contributed by atoms with Crippen molar-refractivity contribution in [2.24, 2.45) is 0 Å². The first-order valence-corrected chi connectivity index (χ1v) is 5.26. The molecule has 1 aromatic carbocycles. The van der Waals surface area contributed by atoms with E-state index in [1.807, 2.05) is 6.07 Å². The Morgan fingerprint density at radius 2 is 2.06 bits per heavy atom. The molecule has 16 heavy (non-hydrogen) atoms. The molecule has 0 radical (unpaired) electrons. The highest BCUT2D eigenvalue weighted by atomic mass is 15.0. The van der Waals surface area contributed by atoms with E-state index in [-0.39, 0.29) is 0 Å². The maximum Gasteiger partial charge on any atom is 0.116 e. The van der Waals surface area contributed by atoms with Gasteiger partial charge in [-0.05, 0) is 31.8 Å². The van der Waals surface area contributed by atoms with E-state index in [0.717, 1.165) is 17.8 Å². The molecule has 0 fully saturated rings. The second kappa shape index (κ2) is 4.86. The molecule has 82 valence electrons. The quantitative estimate of drug-likeness (QED) is 0.782. The second-order valence-corrected chi connectivity index (χ2v) is 4.03. The topological polar surface area (TPSA) is 29.0 Å². The molecule has 2 aromatic rings. The number of hydrogen-bond acceptors (Lipinski definition) is 3. The van der Waals surface area contributed by atoms with Gasteiger partial charge in [0.1, 0.15) is 6.33 Å². The molecule has 0 aliphatic rings. The summed E-state index contributed by atoms with van der Waals surface area (Å²) in [5.41, 5.74) is 3.40. The lowest BCUT2D eigenvalue weighted by Crippen LogP contribution is -2.10. The molecule has 0 amide bonds. The van der Waals surface area contributed by atoms with Crippen LogP contribution in [0, 0.1) is 0 Å². The van der Waals surface area contributed by atoms with E-state index in [1.165, 1.54) is 5.56 Å². The van der Waals surface area contributed by atoms with Crippen molar-refractivity contribution in [3.8, 4) is 11.3 Å². The Kier molecular flexibility index (Phi) is 3.27. The van der Waals surface area contributed by atoms with Crippen LogP contribution in [0.15, 0.2) is 42.9 Å². The molecular weight excluding hydrogens is 198 g/mol. The van der Waals surface area contributed by atoms with Crippen LogP contribution in [0.25, 0.3) is 11.3 Å². The first-order valence-electron chi connectivity index (χ1n) is 5.26. The number of hydrogen-bond donors (Lipinski definition) is 0. The Balaban J connectivity index is 2.29. The summed E-state index contributed by atoms with van der Waals surface area (Å²) in [5, 5.41) is 0. The van der Waals surface area contributed by atoms with Gasteiger partial charge in [-0.25, -0.2) is 9.97 Å². The molecule has 0 bridgehead atoms. The molecule has 0 spiro atoms. The van der Waals surface area contributed by atoms with Gasteiger partial charge in [-0.15, -0.1) is 0 Å². The summed E-state index contributed by atoms with van der Waals surface area (Å²) in [6.45, 7) is 0.943. The van der Waals surface area contributed by atoms with Crippen LogP contribution in [0.2, 0.25) is 0 Å². The third-order valence-electron chi connectivity index (χ3n) is 2.30. The molecular formula is C13H15N3. The van der Waals surface area contributed by atoms with E-state index in [4.69, 9.17) is 0 Å². The van der Waals surface area contributed by atoms with Crippen LogP contribution in [0.1, 0.15) is 5.56 Å². The summed E-state index contributed by atoms with van der Waals surface area (Å²) < 4.78 is 0. The van der Waals surface area contributed by atoms with Crippen LogP contribution in [0.4, 0.5) is 0 Å². The van der Waals surface area contributed by atoms with Gasteiger partial charge in [0.05, 0.1) is 5.69 Å². The zero-order chi connectivity index (χ0) is 11.4. The van der Waals surface area contributed by atoms with Crippen LogP contribution < -0.4 is 0 Å². The van der Waals surface area contributed by atoms with Gasteiger partial charge < -0.3 is 4.90 Å². The highest BCUT2D eigenvalue weighted by molar-refractivity contribution is 5.59. The SMILES string of the molecule is CN(C)Cc1cccc(-c2ccncn2)c1. The van der Waals surface area contributed by atoms with E-state index in [9.17, 15) is 0 Å². The summed E-state index contributed by atoms with van der Waals surface area (Å²) in [6, 6.07) is 10.4. The molecule has 0 atom stereocenters. The zero-order valence-electron chi connectivity index (χ0n) is 9.59. The first kappa shape index (κ1) is 10.8. The summed E-state index contributed by atoms with van der Waals surface area (Å²) in [6.07, 6.45) is 3.34. The average Bonchev–Trinajstić information content (AvgIpc) is 2.30. The van der Waals surface area contributed by atoms with Gasteiger partial charge in [0, 0.05) is 18.3 Å². The normalized spacial score (nSPS) is 10.7. The Labute approximate surface area is 95.8 Å². The fourth-order valence-electron chi connectivity index (χ4n) is 1.66. The van der Waals surface area contributed by atoms with Crippen LogP contribution in [0.3, 0.4) is 0 Å². The lowest BCUT2D eigenvalue weighted by Gasteiger charge is -2.10. The van der Waals surface area contributed by atoms with Crippen molar-refractivity contribution < 1.29 is 0 Å². The molecule has 0 N–H and O–H groups in total. The van der Waals surface area contributed by atoms with Crippen molar-refractivity contribution in [3.63, 3.8) is 0 Å². The number of benzene rings is 1. The standard InChI is InChI=1S/C13H15N3/c1-16(2)9-11-4-3-5-12(8-11)13-6-7-14-10-15-13/h3-8,10H,9H2,1-2H3. The maximum atomic E-state index is 4.24. The monoisotopic (exact) mass is 213 g/mol. The molecule has 1 aromatic heterocycles. The van der Waals surface area contributed by atoms with Gasteiger partial charge in [-0.1, -0.05) is 18.2 Å². The van der Waals surface area contributed by atoms with Crippen LogP contribution in [-0.2, 0) is 6.54 Å².